The van der Waals surface area contributed by atoms with E-state index >= 15 is 0 Å². The van der Waals surface area contributed by atoms with Crippen LogP contribution in [0.5, 0.6) is 0 Å². The number of hydrogen-bond acceptors (Lipinski definition) is 0. The van der Waals surface area contributed by atoms with Crippen molar-refractivity contribution in [3.63, 3.8) is 0 Å². The summed E-state index contributed by atoms with van der Waals surface area (Å²) in [6.45, 7) is 10.6. The van der Waals surface area contributed by atoms with E-state index in [2.05, 4.69) is 26.2 Å². The Morgan fingerprint density at radius 3 is 1.17 bits per heavy atom. The molecule has 0 N–H and O–H groups in total. The minimum atomic E-state index is -0.861. The molecule has 0 fully saturated rings. The molecule has 0 aliphatic carbocycles. The third-order valence-electron chi connectivity index (χ3n) is 0. The third-order valence-corrected chi connectivity index (χ3v) is 0. The van der Waals surface area contributed by atoms with Crippen LogP contribution < -0.4 is 0 Å². The molecule has 0 amide bonds. The van der Waals surface area contributed by atoms with Crippen molar-refractivity contribution >= 4 is 8.07 Å². The Kier molecular flexibility index (Phi) is 5.30. The van der Waals surface area contributed by atoms with E-state index in [4.69, 9.17) is 0 Å². The van der Waals surface area contributed by atoms with Crippen LogP contribution in [-0.4, -0.2) is 8.07 Å². The SMILES string of the molecule is [CH2][Si](C)(C)C.[Sc]. The fourth-order valence-electron chi connectivity index (χ4n) is 0. The molecular formula is C4H11ScSi. The monoisotopic (exact) mass is 132 g/mol. The Labute approximate surface area is 60.1 Å². The Morgan fingerprint density at radius 1 is 1.17 bits per heavy atom. The summed E-state index contributed by atoms with van der Waals surface area (Å²) in [5, 5.41) is 0. The molecular weight excluding hydrogens is 121 g/mol. The van der Waals surface area contributed by atoms with Gasteiger partial charge in [-0.1, -0.05) is 26.2 Å². The van der Waals surface area contributed by atoms with Gasteiger partial charge in [0.15, 0.2) is 0 Å². The predicted molar refractivity (Wildman–Crippen MR) is 28.7 cm³/mol. The minimum Gasteiger partial charge on any atom is -0.0696 e. The van der Waals surface area contributed by atoms with Gasteiger partial charge < -0.3 is 0 Å². The zero-order valence-corrected chi connectivity index (χ0v) is 7.59. The first-order valence-corrected chi connectivity index (χ1v) is 5.56. The van der Waals surface area contributed by atoms with Crippen molar-refractivity contribution < 1.29 is 25.8 Å². The maximum Gasteiger partial charge on any atom is 0.0439 e. The van der Waals surface area contributed by atoms with Gasteiger partial charge in [0.2, 0.25) is 0 Å². The minimum absolute atomic E-state index is 0. The number of hydrogen-bond donors (Lipinski definition) is 0. The summed E-state index contributed by atoms with van der Waals surface area (Å²) in [7, 11) is -0.861. The van der Waals surface area contributed by atoms with Gasteiger partial charge in [0.1, 0.15) is 0 Å². The van der Waals surface area contributed by atoms with Gasteiger partial charge in [0.05, 0.1) is 0 Å². The molecule has 0 saturated carbocycles. The molecule has 6 heavy (non-hydrogen) atoms. The molecule has 0 bridgehead atoms. The van der Waals surface area contributed by atoms with E-state index in [9.17, 15) is 0 Å². The summed E-state index contributed by atoms with van der Waals surface area (Å²) in [5.41, 5.74) is 0. The Hall–Kier alpha value is 1.09. The molecule has 0 spiro atoms. The molecule has 0 aromatic rings. The van der Waals surface area contributed by atoms with Crippen LogP contribution in [0, 0.1) is 6.55 Å². The normalized spacial score (nSPS) is 10.0. The van der Waals surface area contributed by atoms with E-state index in [1.807, 2.05) is 0 Å². The summed E-state index contributed by atoms with van der Waals surface area (Å²) in [4.78, 5) is 0. The quantitative estimate of drug-likeness (QED) is 0.440. The fraction of sp³-hybridized carbons (Fsp3) is 0.750. The molecule has 0 unspecified atom stereocenters. The fourth-order valence-corrected chi connectivity index (χ4v) is 0. The van der Waals surface area contributed by atoms with E-state index in [1.54, 1.807) is 0 Å². The maximum atomic E-state index is 3.91. The van der Waals surface area contributed by atoms with Gasteiger partial charge in [-0.25, -0.2) is 0 Å². The van der Waals surface area contributed by atoms with Crippen molar-refractivity contribution in [1.29, 1.82) is 0 Å². The molecule has 34 valence electrons. The average molecular weight is 132 g/mol. The molecule has 0 aromatic carbocycles. The molecule has 0 heterocycles. The summed E-state index contributed by atoms with van der Waals surface area (Å²) >= 11 is 0. The van der Waals surface area contributed by atoms with Crippen LogP contribution in [0.1, 0.15) is 0 Å². The first-order chi connectivity index (χ1) is 2.00. The first-order valence-electron chi connectivity index (χ1n) is 1.85. The second-order valence-electron chi connectivity index (χ2n) is 2.56. The Balaban J connectivity index is 0. The van der Waals surface area contributed by atoms with Crippen molar-refractivity contribution in [2.75, 3.05) is 0 Å². The van der Waals surface area contributed by atoms with Crippen LogP contribution in [0.25, 0.3) is 0 Å². The average Bonchev–Trinajstić information content (AvgIpc) is 0.722. The van der Waals surface area contributed by atoms with Gasteiger partial charge in [0.25, 0.3) is 0 Å². The molecule has 0 aliphatic rings. The van der Waals surface area contributed by atoms with Crippen LogP contribution in [-0.2, 0) is 25.8 Å². The van der Waals surface area contributed by atoms with E-state index in [1.165, 1.54) is 0 Å². The van der Waals surface area contributed by atoms with E-state index in [-0.39, 0.29) is 25.8 Å². The van der Waals surface area contributed by atoms with Crippen LogP contribution in [0.4, 0.5) is 0 Å². The molecule has 0 atom stereocenters. The summed E-state index contributed by atoms with van der Waals surface area (Å²) in [6.07, 6.45) is 0. The van der Waals surface area contributed by atoms with E-state index in [0.717, 1.165) is 0 Å². The largest absolute Gasteiger partial charge is 0.0696 e. The van der Waals surface area contributed by atoms with Gasteiger partial charge in [-0.2, -0.15) is 0 Å². The van der Waals surface area contributed by atoms with Crippen LogP contribution >= 0.6 is 0 Å². The zero-order chi connectivity index (χ0) is 4.50. The third kappa shape index (κ3) is 71.9. The molecule has 0 saturated heterocycles. The van der Waals surface area contributed by atoms with Crippen LogP contribution in [0.2, 0.25) is 19.6 Å². The van der Waals surface area contributed by atoms with Gasteiger partial charge in [0, 0.05) is 33.9 Å². The standard InChI is InChI=1S/C4H11Si.Sc/c1-5(2,3)4;/h1H2,2-4H3;. The second kappa shape index (κ2) is 3.14. The summed E-state index contributed by atoms with van der Waals surface area (Å²) in [6, 6.07) is 0. The molecule has 2 radical (unpaired) electrons. The maximum absolute atomic E-state index is 3.91. The topological polar surface area (TPSA) is 0 Å². The van der Waals surface area contributed by atoms with Gasteiger partial charge in [-0.15, -0.1) is 0 Å². The summed E-state index contributed by atoms with van der Waals surface area (Å²) in [5.74, 6) is 0. The summed E-state index contributed by atoms with van der Waals surface area (Å²) < 4.78 is 0. The molecule has 0 aliphatic heterocycles. The van der Waals surface area contributed by atoms with Crippen molar-refractivity contribution in [1.82, 2.24) is 0 Å². The van der Waals surface area contributed by atoms with Gasteiger partial charge in [-0.3, -0.25) is 0 Å². The first kappa shape index (κ1) is 10.1. The molecule has 0 rings (SSSR count). The van der Waals surface area contributed by atoms with Crippen molar-refractivity contribution in [3.05, 3.63) is 6.55 Å². The molecule has 2 heteroatoms. The van der Waals surface area contributed by atoms with Crippen LogP contribution in [0.15, 0.2) is 0 Å². The predicted octanol–water partition coefficient (Wildman–Crippen LogP) is 1.70. The Bertz CT molecular complexity index is 23.0. The van der Waals surface area contributed by atoms with Gasteiger partial charge in [-0.05, 0) is 0 Å². The number of rotatable bonds is 0. The Morgan fingerprint density at radius 2 is 1.17 bits per heavy atom. The zero-order valence-electron chi connectivity index (χ0n) is 4.78. The second-order valence-corrected chi connectivity index (χ2v) is 7.68. The molecule has 0 nitrogen and oxygen atoms in total. The molecule has 0 aromatic heterocycles. The van der Waals surface area contributed by atoms with Crippen molar-refractivity contribution in [3.8, 4) is 0 Å². The van der Waals surface area contributed by atoms with Crippen LogP contribution in [0.3, 0.4) is 0 Å². The van der Waals surface area contributed by atoms with E-state index in [0.29, 0.717) is 0 Å². The van der Waals surface area contributed by atoms with Crippen molar-refractivity contribution in [2.24, 2.45) is 0 Å². The van der Waals surface area contributed by atoms with Gasteiger partial charge >= 0.3 is 0 Å². The smallest absolute Gasteiger partial charge is 0.0439 e. The van der Waals surface area contributed by atoms with E-state index < -0.39 is 8.07 Å². The van der Waals surface area contributed by atoms with Crippen molar-refractivity contribution in [2.45, 2.75) is 19.6 Å².